The third-order valence-electron chi connectivity index (χ3n) is 7.43. The summed E-state index contributed by atoms with van der Waals surface area (Å²) in [6.45, 7) is 3.07. The summed E-state index contributed by atoms with van der Waals surface area (Å²) in [5.41, 5.74) is 6.54. The Hall–Kier alpha value is -3.01. The maximum absolute atomic E-state index is 15.5. The van der Waals surface area contributed by atoms with E-state index in [0.717, 1.165) is 12.0 Å². The Morgan fingerprint density at radius 1 is 1.29 bits per heavy atom. The lowest BCUT2D eigenvalue weighted by Crippen LogP contribution is -2.49. The van der Waals surface area contributed by atoms with E-state index in [4.69, 9.17) is 5.73 Å². The number of aryl methyl sites for hydroxylation is 1. The molecule has 38 heavy (non-hydrogen) atoms. The molecule has 0 spiro atoms. The van der Waals surface area contributed by atoms with Crippen LogP contribution in [0.2, 0.25) is 0 Å². The highest BCUT2D eigenvalue weighted by molar-refractivity contribution is 5.77. The van der Waals surface area contributed by atoms with E-state index in [1.54, 1.807) is 17.0 Å². The van der Waals surface area contributed by atoms with Crippen molar-refractivity contribution in [1.29, 1.82) is 0 Å². The van der Waals surface area contributed by atoms with Crippen LogP contribution in [0.15, 0.2) is 42.5 Å². The Kier molecular flexibility index (Phi) is 10.6. The molecule has 5 N–H and O–H groups in total. The normalized spacial score (nSPS) is 17.9. The number of ether oxygens (including phenoxy) is 1. The number of likely N-dealkylation sites (tertiary alicyclic amines) is 1. The van der Waals surface area contributed by atoms with Crippen LogP contribution < -0.4 is 11.1 Å². The predicted octanol–water partition coefficient (Wildman–Crippen LogP) is 3.33. The van der Waals surface area contributed by atoms with Crippen LogP contribution in [0.5, 0.6) is 0 Å². The Bertz CT molecular complexity index is 1100. The molecule has 1 aliphatic rings. The standard InChI is InChI=1S/C29H40FN3O5/c1-3-20-8-4-9-21(16-20)27-24(11-5-12-25(27)30)29(37,13-7-14-32-28(36)38-2)22-10-6-15-33(19-22)26(35)17-23(34)18-31/h4-5,8-9,11-12,16,22-23,34,37H,3,6-7,10,13-15,17-19,31H2,1-2H3,(H,32,36)/t22-,23?,29+/m1/s1. The van der Waals surface area contributed by atoms with Crippen molar-refractivity contribution in [3.63, 3.8) is 0 Å². The van der Waals surface area contributed by atoms with E-state index in [9.17, 15) is 19.8 Å². The molecule has 2 aromatic carbocycles. The van der Waals surface area contributed by atoms with E-state index in [0.29, 0.717) is 42.5 Å². The number of carbonyl (C=O) groups excluding carboxylic acids is 2. The molecule has 1 heterocycles. The van der Waals surface area contributed by atoms with Crippen molar-refractivity contribution in [3.05, 3.63) is 59.4 Å². The first-order valence-corrected chi connectivity index (χ1v) is 13.3. The number of nitrogens with two attached hydrogens (primary N) is 1. The molecule has 0 aromatic heterocycles. The predicted molar refractivity (Wildman–Crippen MR) is 144 cm³/mol. The van der Waals surface area contributed by atoms with Crippen LogP contribution in [0, 0.1) is 11.7 Å². The highest BCUT2D eigenvalue weighted by atomic mass is 19.1. The van der Waals surface area contributed by atoms with Crippen molar-refractivity contribution in [2.24, 2.45) is 11.7 Å². The van der Waals surface area contributed by atoms with Crippen molar-refractivity contribution in [2.75, 3.05) is 33.3 Å². The van der Waals surface area contributed by atoms with Gasteiger partial charge >= 0.3 is 6.09 Å². The van der Waals surface area contributed by atoms with Crippen molar-refractivity contribution in [3.8, 4) is 11.1 Å². The van der Waals surface area contributed by atoms with E-state index in [1.165, 1.54) is 13.2 Å². The van der Waals surface area contributed by atoms with E-state index >= 15 is 4.39 Å². The topological polar surface area (TPSA) is 125 Å². The molecular formula is C29H40FN3O5. The second kappa shape index (κ2) is 13.7. The molecule has 0 saturated carbocycles. The van der Waals surface area contributed by atoms with Gasteiger partial charge in [0.2, 0.25) is 5.91 Å². The first kappa shape index (κ1) is 29.5. The third kappa shape index (κ3) is 7.09. The zero-order chi connectivity index (χ0) is 27.7. The molecular weight excluding hydrogens is 489 g/mol. The minimum absolute atomic E-state index is 0.0103. The number of nitrogens with one attached hydrogen (secondary N) is 1. The number of carbonyl (C=O) groups is 2. The quantitative estimate of drug-likeness (QED) is 0.331. The Morgan fingerprint density at radius 3 is 2.76 bits per heavy atom. The maximum atomic E-state index is 15.5. The number of halogens is 1. The van der Waals surface area contributed by atoms with Crippen molar-refractivity contribution in [2.45, 2.75) is 57.2 Å². The summed E-state index contributed by atoms with van der Waals surface area (Å²) < 4.78 is 20.2. The summed E-state index contributed by atoms with van der Waals surface area (Å²) in [6.07, 6.45) is 1.15. The van der Waals surface area contributed by atoms with Crippen LogP contribution in [0.25, 0.3) is 11.1 Å². The highest BCUT2D eigenvalue weighted by Crippen LogP contribution is 2.44. The van der Waals surface area contributed by atoms with Gasteiger partial charge in [0.05, 0.1) is 25.2 Å². The first-order valence-electron chi connectivity index (χ1n) is 13.3. The zero-order valence-electron chi connectivity index (χ0n) is 22.3. The van der Waals surface area contributed by atoms with Crippen LogP contribution in [-0.2, 0) is 21.6 Å². The number of nitrogens with zero attached hydrogens (tertiary/aromatic N) is 1. The summed E-state index contributed by atoms with van der Waals surface area (Å²) in [6, 6.07) is 12.4. The van der Waals surface area contributed by atoms with E-state index in [2.05, 4.69) is 10.1 Å². The summed E-state index contributed by atoms with van der Waals surface area (Å²) in [5.74, 6) is -1.04. The molecule has 1 unspecified atom stereocenters. The van der Waals surface area contributed by atoms with Gasteiger partial charge in [0.25, 0.3) is 0 Å². The number of hydrogen-bond donors (Lipinski definition) is 4. The van der Waals surface area contributed by atoms with Crippen LogP contribution in [0.1, 0.15) is 50.2 Å². The van der Waals surface area contributed by atoms with E-state index in [-0.39, 0.29) is 44.3 Å². The van der Waals surface area contributed by atoms with Crippen LogP contribution in [0.4, 0.5) is 9.18 Å². The highest BCUT2D eigenvalue weighted by Gasteiger charge is 2.43. The summed E-state index contributed by atoms with van der Waals surface area (Å²) >= 11 is 0. The lowest BCUT2D eigenvalue weighted by Gasteiger charge is -2.44. The molecule has 9 heteroatoms. The summed E-state index contributed by atoms with van der Waals surface area (Å²) in [5, 5.41) is 25.0. The number of methoxy groups -OCH3 is 1. The van der Waals surface area contributed by atoms with Gasteiger partial charge in [0.1, 0.15) is 5.82 Å². The molecule has 8 nitrogen and oxygen atoms in total. The smallest absolute Gasteiger partial charge is 0.406 e. The van der Waals surface area contributed by atoms with E-state index < -0.39 is 23.6 Å². The molecule has 3 rings (SSSR count). The lowest BCUT2D eigenvalue weighted by molar-refractivity contribution is -0.138. The minimum atomic E-state index is -1.48. The fraction of sp³-hybridized carbons (Fsp3) is 0.517. The second-order valence-corrected chi connectivity index (χ2v) is 9.94. The van der Waals surface area contributed by atoms with Gasteiger partial charge in [-0.25, -0.2) is 9.18 Å². The Balaban J connectivity index is 2.00. The average molecular weight is 530 g/mol. The monoisotopic (exact) mass is 529 g/mol. The van der Waals surface area contributed by atoms with Crippen LogP contribution in [0.3, 0.4) is 0 Å². The fourth-order valence-corrected chi connectivity index (χ4v) is 5.31. The molecule has 0 aliphatic carbocycles. The third-order valence-corrected chi connectivity index (χ3v) is 7.43. The van der Waals surface area contributed by atoms with Gasteiger partial charge in [-0.1, -0.05) is 43.3 Å². The number of piperidine rings is 1. The van der Waals surface area contributed by atoms with E-state index in [1.807, 2.05) is 31.2 Å². The molecule has 2 amide bonds. The van der Waals surface area contributed by atoms with Crippen molar-refractivity contribution >= 4 is 12.0 Å². The number of amides is 2. The van der Waals surface area contributed by atoms with Gasteiger partial charge in [-0.2, -0.15) is 0 Å². The van der Waals surface area contributed by atoms with Gasteiger partial charge in [0.15, 0.2) is 0 Å². The number of aliphatic hydroxyl groups is 2. The maximum Gasteiger partial charge on any atom is 0.406 e. The molecule has 3 atom stereocenters. The van der Waals surface area contributed by atoms with Crippen molar-refractivity contribution < 1.29 is 28.9 Å². The molecule has 2 aromatic rings. The van der Waals surface area contributed by atoms with Gasteiger partial charge in [-0.05, 0) is 54.9 Å². The Morgan fingerprint density at radius 2 is 2.05 bits per heavy atom. The number of benzene rings is 2. The molecule has 0 bridgehead atoms. The van der Waals surface area contributed by atoms with Crippen LogP contribution in [-0.4, -0.2) is 66.5 Å². The number of alkyl carbamates (subject to hydrolysis) is 1. The summed E-state index contributed by atoms with van der Waals surface area (Å²) in [4.78, 5) is 26.1. The molecule has 0 radical (unpaired) electrons. The van der Waals surface area contributed by atoms with Gasteiger partial charge in [0, 0.05) is 37.7 Å². The molecule has 208 valence electrons. The lowest BCUT2D eigenvalue weighted by atomic mass is 9.72. The first-order chi connectivity index (χ1) is 18.2. The zero-order valence-corrected chi connectivity index (χ0v) is 22.3. The van der Waals surface area contributed by atoms with Gasteiger partial charge in [-0.3, -0.25) is 4.79 Å². The largest absolute Gasteiger partial charge is 0.453 e. The number of hydrogen-bond acceptors (Lipinski definition) is 6. The summed E-state index contributed by atoms with van der Waals surface area (Å²) in [7, 11) is 1.28. The van der Waals surface area contributed by atoms with Crippen molar-refractivity contribution in [1.82, 2.24) is 10.2 Å². The van der Waals surface area contributed by atoms with Crippen LogP contribution >= 0.6 is 0 Å². The average Bonchev–Trinajstić information content (AvgIpc) is 2.94. The molecule has 1 fully saturated rings. The SMILES string of the molecule is CCc1cccc(-c2c(F)cccc2[C@](O)(CCCNC(=O)OC)[C@@H]2CCCN(C(=O)CC(O)CN)C2)c1. The number of rotatable bonds is 11. The van der Waals surface area contributed by atoms with Gasteiger partial charge in [-0.15, -0.1) is 0 Å². The Labute approximate surface area is 224 Å². The minimum Gasteiger partial charge on any atom is -0.453 e. The van der Waals surface area contributed by atoms with Gasteiger partial charge < -0.3 is 30.9 Å². The molecule has 1 saturated heterocycles. The fourth-order valence-electron chi connectivity index (χ4n) is 5.31. The molecule has 1 aliphatic heterocycles. The second-order valence-electron chi connectivity index (χ2n) is 9.94. The number of aliphatic hydroxyl groups excluding tert-OH is 1.